The summed E-state index contributed by atoms with van der Waals surface area (Å²) in [5.74, 6) is -0.767. The predicted molar refractivity (Wildman–Crippen MR) is 96.0 cm³/mol. The van der Waals surface area contributed by atoms with Gasteiger partial charge in [-0.05, 0) is 36.0 Å². The number of carbonyl (C=O) groups is 2. The molecule has 2 rings (SSSR count). The summed E-state index contributed by atoms with van der Waals surface area (Å²) in [6.07, 6.45) is 5.07. The molecule has 0 radical (unpaired) electrons. The first-order chi connectivity index (χ1) is 10.8. The van der Waals surface area contributed by atoms with Crippen molar-refractivity contribution in [3.8, 4) is 0 Å². The molecule has 0 atom stereocenters. The number of hydrogen-bond donors (Lipinski definition) is 0. The van der Waals surface area contributed by atoms with Crippen LogP contribution in [0.2, 0.25) is 0 Å². The number of rotatable bonds is 3. The van der Waals surface area contributed by atoms with Crippen LogP contribution in [-0.4, -0.2) is 54.9 Å². The molecule has 1 saturated heterocycles. The maximum atomic E-state index is 12.1. The first-order valence-corrected chi connectivity index (χ1v) is 7.49. The topological polar surface area (TPSA) is 43.9 Å². The van der Waals surface area contributed by atoms with E-state index in [0.29, 0.717) is 0 Å². The van der Waals surface area contributed by atoms with E-state index < -0.39 is 0 Å². The molecule has 0 unspecified atom stereocenters. The maximum Gasteiger partial charge on any atom is 0.265 e. The molecular weight excluding hydrogens is 310 g/mol. The second-order valence-corrected chi connectivity index (χ2v) is 5.80. The summed E-state index contributed by atoms with van der Waals surface area (Å²) in [5.41, 5.74) is 2.19. The van der Waals surface area contributed by atoms with Crippen LogP contribution in [0.5, 0.6) is 0 Å². The third kappa shape index (κ3) is 3.48. The summed E-state index contributed by atoms with van der Waals surface area (Å²) in [5, 5.41) is 0.209. The Kier molecular flexibility index (Phi) is 4.95. The van der Waals surface area contributed by atoms with Gasteiger partial charge in [0.1, 0.15) is 5.57 Å². The lowest BCUT2D eigenvalue weighted by atomic mass is 10.1. The Hall–Kier alpha value is -2.47. The van der Waals surface area contributed by atoms with Crippen molar-refractivity contribution >= 4 is 40.9 Å². The standard InChI is InChI=1S/C17H19N3O2S/c1-18(2)13-10-8-12(9-11-13)6-5-7-14-15(21)19(3)17(23)20(4)16(14)22/h5-11H,1-4H3. The fourth-order valence-electron chi connectivity index (χ4n) is 2.13. The molecule has 2 amide bonds. The highest BCUT2D eigenvalue weighted by atomic mass is 32.1. The van der Waals surface area contributed by atoms with Crippen molar-refractivity contribution in [3.63, 3.8) is 0 Å². The van der Waals surface area contributed by atoms with Crippen LogP contribution in [0.25, 0.3) is 6.08 Å². The molecule has 0 N–H and O–H groups in total. The number of allylic oxidation sites excluding steroid dienone is 2. The molecule has 1 heterocycles. The highest BCUT2D eigenvalue weighted by molar-refractivity contribution is 7.80. The smallest absolute Gasteiger partial charge is 0.265 e. The van der Waals surface area contributed by atoms with Crippen LogP contribution in [0.4, 0.5) is 5.69 Å². The SMILES string of the molecule is CN1C(=O)C(=CC=Cc2ccc(N(C)C)cc2)C(=O)N(C)C1=S. The molecule has 5 nitrogen and oxygen atoms in total. The van der Waals surface area contributed by atoms with Gasteiger partial charge in [0, 0.05) is 33.9 Å². The van der Waals surface area contributed by atoms with Gasteiger partial charge in [-0.2, -0.15) is 0 Å². The number of thiocarbonyl (C=S) groups is 1. The van der Waals surface area contributed by atoms with Gasteiger partial charge < -0.3 is 4.90 Å². The van der Waals surface area contributed by atoms with E-state index in [1.54, 1.807) is 20.2 Å². The van der Waals surface area contributed by atoms with E-state index in [-0.39, 0.29) is 22.5 Å². The summed E-state index contributed by atoms with van der Waals surface area (Å²) in [6.45, 7) is 0. The zero-order chi connectivity index (χ0) is 17.1. The molecule has 23 heavy (non-hydrogen) atoms. The van der Waals surface area contributed by atoms with Gasteiger partial charge in [-0.25, -0.2) is 0 Å². The molecular formula is C17H19N3O2S. The summed E-state index contributed by atoms with van der Waals surface area (Å²) in [6, 6.07) is 7.96. The highest BCUT2D eigenvalue weighted by Crippen LogP contribution is 2.16. The monoisotopic (exact) mass is 329 g/mol. The van der Waals surface area contributed by atoms with Gasteiger partial charge in [-0.1, -0.05) is 24.3 Å². The minimum Gasteiger partial charge on any atom is -0.378 e. The Morgan fingerprint density at radius 3 is 2.00 bits per heavy atom. The minimum absolute atomic E-state index is 0.102. The molecule has 1 fully saturated rings. The summed E-state index contributed by atoms with van der Waals surface area (Å²) >= 11 is 5.04. The predicted octanol–water partition coefficient (Wildman–Crippen LogP) is 1.91. The fourth-order valence-corrected chi connectivity index (χ4v) is 2.30. The molecule has 1 aromatic rings. The summed E-state index contributed by atoms with van der Waals surface area (Å²) < 4.78 is 0. The Morgan fingerprint density at radius 1 is 1.00 bits per heavy atom. The third-order valence-electron chi connectivity index (χ3n) is 3.61. The Morgan fingerprint density at radius 2 is 1.52 bits per heavy atom. The van der Waals surface area contributed by atoms with E-state index in [1.165, 1.54) is 15.9 Å². The van der Waals surface area contributed by atoms with E-state index >= 15 is 0 Å². The van der Waals surface area contributed by atoms with Gasteiger partial charge in [-0.15, -0.1) is 0 Å². The van der Waals surface area contributed by atoms with Crippen LogP contribution in [0.3, 0.4) is 0 Å². The molecule has 1 aliphatic rings. The number of hydrogen-bond acceptors (Lipinski definition) is 4. The van der Waals surface area contributed by atoms with Crippen LogP contribution >= 0.6 is 12.2 Å². The first kappa shape index (κ1) is 16.9. The largest absolute Gasteiger partial charge is 0.378 e. The molecule has 0 spiro atoms. The minimum atomic E-state index is -0.384. The van der Waals surface area contributed by atoms with Gasteiger partial charge in [0.2, 0.25) is 0 Å². The number of benzene rings is 1. The molecule has 1 aliphatic heterocycles. The molecule has 6 heteroatoms. The molecule has 0 aliphatic carbocycles. The number of amides is 2. The van der Waals surface area contributed by atoms with Crippen molar-refractivity contribution in [2.45, 2.75) is 0 Å². The van der Waals surface area contributed by atoms with Gasteiger partial charge in [0.25, 0.3) is 11.8 Å². The summed E-state index contributed by atoms with van der Waals surface area (Å²) in [4.78, 5) is 28.9. The number of nitrogens with zero attached hydrogens (tertiary/aromatic N) is 3. The normalized spacial score (nSPS) is 15.7. The average Bonchev–Trinajstić information content (AvgIpc) is 2.54. The van der Waals surface area contributed by atoms with Crippen LogP contribution < -0.4 is 4.90 Å². The lowest BCUT2D eigenvalue weighted by molar-refractivity contribution is -0.132. The molecule has 1 aromatic carbocycles. The number of carbonyl (C=O) groups excluding carboxylic acids is 2. The van der Waals surface area contributed by atoms with Crippen LogP contribution in [0.1, 0.15) is 5.56 Å². The average molecular weight is 329 g/mol. The van der Waals surface area contributed by atoms with Crippen molar-refractivity contribution < 1.29 is 9.59 Å². The van der Waals surface area contributed by atoms with Crippen molar-refractivity contribution in [3.05, 3.63) is 47.6 Å². The number of likely N-dealkylation sites (N-methyl/N-ethyl adjacent to an activating group) is 2. The van der Waals surface area contributed by atoms with Gasteiger partial charge in [0.15, 0.2) is 5.11 Å². The second-order valence-electron chi connectivity index (χ2n) is 5.44. The van der Waals surface area contributed by atoms with E-state index in [4.69, 9.17) is 12.2 Å². The van der Waals surface area contributed by atoms with E-state index in [2.05, 4.69) is 0 Å². The first-order valence-electron chi connectivity index (χ1n) is 7.08. The zero-order valence-corrected chi connectivity index (χ0v) is 14.4. The molecule has 0 aromatic heterocycles. The molecule has 0 bridgehead atoms. The second kappa shape index (κ2) is 6.75. The van der Waals surface area contributed by atoms with Crippen molar-refractivity contribution in [2.75, 3.05) is 33.1 Å². The quantitative estimate of drug-likeness (QED) is 0.483. The fraction of sp³-hybridized carbons (Fsp3) is 0.235. The van der Waals surface area contributed by atoms with Gasteiger partial charge in [0.05, 0.1) is 0 Å². The van der Waals surface area contributed by atoms with E-state index in [1.807, 2.05) is 49.3 Å². The zero-order valence-electron chi connectivity index (χ0n) is 13.6. The van der Waals surface area contributed by atoms with Gasteiger partial charge >= 0.3 is 0 Å². The van der Waals surface area contributed by atoms with Crippen molar-refractivity contribution in [2.24, 2.45) is 0 Å². The lowest BCUT2D eigenvalue weighted by Gasteiger charge is -2.31. The number of anilines is 1. The Bertz CT molecular complexity index is 679. The van der Waals surface area contributed by atoms with Crippen LogP contribution in [0, 0.1) is 0 Å². The summed E-state index contributed by atoms with van der Waals surface area (Å²) in [7, 11) is 7.08. The van der Waals surface area contributed by atoms with Crippen LogP contribution in [0.15, 0.2) is 42.0 Å². The van der Waals surface area contributed by atoms with E-state index in [9.17, 15) is 9.59 Å². The lowest BCUT2D eigenvalue weighted by Crippen LogP contribution is -2.52. The van der Waals surface area contributed by atoms with Gasteiger partial charge in [-0.3, -0.25) is 19.4 Å². The maximum absolute atomic E-state index is 12.1. The molecule has 120 valence electrons. The van der Waals surface area contributed by atoms with Crippen molar-refractivity contribution in [1.29, 1.82) is 0 Å². The Balaban J connectivity index is 2.19. The van der Waals surface area contributed by atoms with E-state index in [0.717, 1.165) is 11.3 Å². The Labute approximate surface area is 141 Å². The van der Waals surface area contributed by atoms with Crippen molar-refractivity contribution in [1.82, 2.24) is 9.80 Å². The van der Waals surface area contributed by atoms with Crippen LogP contribution in [-0.2, 0) is 9.59 Å². The third-order valence-corrected chi connectivity index (χ3v) is 4.15. The highest BCUT2D eigenvalue weighted by Gasteiger charge is 2.34. The molecule has 0 saturated carbocycles.